The number of rotatable bonds is 1. The van der Waals surface area contributed by atoms with Crippen molar-refractivity contribution in [1.82, 2.24) is 4.67 Å². The van der Waals surface area contributed by atoms with Crippen molar-refractivity contribution < 1.29 is 0 Å². The Morgan fingerprint density at radius 3 is 2.20 bits per heavy atom. The van der Waals surface area contributed by atoms with Gasteiger partial charge in [-0.15, -0.1) is 0 Å². The average molecular weight is 159 g/mol. The maximum absolute atomic E-state index is 2.80. The summed E-state index contributed by atoms with van der Waals surface area (Å²) < 4.78 is 2.36. The van der Waals surface area contributed by atoms with E-state index in [-0.39, 0.29) is 0 Å². The van der Waals surface area contributed by atoms with Gasteiger partial charge in [0.2, 0.25) is 0 Å². The first kappa shape index (κ1) is 8.49. The van der Waals surface area contributed by atoms with E-state index in [9.17, 15) is 0 Å². The van der Waals surface area contributed by atoms with Gasteiger partial charge >= 0.3 is 0 Å². The van der Waals surface area contributed by atoms with Crippen LogP contribution in [0.25, 0.3) is 0 Å². The van der Waals surface area contributed by atoms with E-state index >= 15 is 0 Å². The Balaban J connectivity index is 2.46. The molecular weight excluding hydrogens is 141 g/mol. The molecule has 10 heavy (non-hydrogen) atoms. The third-order valence-electron chi connectivity index (χ3n) is 2.56. The number of hydrogen-bond acceptors (Lipinski definition) is 1. The lowest BCUT2D eigenvalue weighted by atomic mass is 9.88. The van der Waals surface area contributed by atoms with Crippen LogP contribution in [0.4, 0.5) is 0 Å². The van der Waals surface area contributed by atoms with Gasteiger partial charge in [0, 0.05) is 13.1 Å². The molecule has 1 nitrogen and oxygen atoms in total. The summed E-state index contributed by atoms with van der Waals surface area (Å²) in [4.78, 5) is 0. The predicted octanol–water partition coefficient (Wildman–Crippen LogP) is 2.00. The van der Waals surface area contributed by atoms with E-state index in [0.717, 1.165) is 17.8 Å². The van der Waals surface area contributed by atoms with E-state index in [1.165, 1.54) is 13.1 Å². The van der Waals surface area contributed by atoms with Crippen LogP contribution in [0.3, 0.4) is 0 Å². The van der Waals surface area contributed by atoms with Crippen LogP contribution < -0.4 is 0 Å². The minimum Gasteiger partial charge on any atom is -0.287 e. The van der Waals surface area contributed by atoms with E-state index in [1.807, 2.05) is 0 Å². The summed E-state index contributed by atoms with van der Waals surface area (Å²) in [5.41, 5.74) is 0. The standard InChI is InChI=1S/C8H18NP/c1-6(2)8-5-9(10)4-7(8)3/h6-8H,4-5,10H2,1-3H3. The molecule has 1 saturated heterocycles. The summed E-state index contributed by atoms with van der Waals surface area (Å²) in [5.74, 6) is 2.65. The molecule has 0 bridgehead atoms. The van der Waals surface area contributed by atoms with Gasteiger partial charge in [-0.25, -0.2) is 0 Å². The molecule has 2 heteroatoms. The van der Waals surface area contributed by atoms with E-state index < -0.39 is 0 Å². The molecule has 0 aromatic heterocycles. The average Bonchev–Trinajstić information content (AvgIpc) is 2.10. The predicted molar refractivity (Wildman–Crippen MR) is 48.8 cm³/mol. The highest BCUT2D eigenvalue weighted by Gasteiger charge is 2.29. The number of nitrogens with zero attached hydrogens (tertiary/aromatic N) is 1. The first-order valence-electron chi connectivity index (χ1n) is 4.11. The molecule has 3 atom stereocenters. The Bertz CT molecular complexity index is 114. The Morgan fingerprint density at radius 2 is 2.00 bits per heavy atom. The molecule has 1 fully saturated rings. The van der Waals surface area contributed by atoms with Gasteiger partial charge in [-0.3, -0.25) is 4.67 Å². The van der Waals surface area contributed by atoms with Crippen LogP contribution in [0.1, 0.15) is 20.8 Å². The van der Waals surface area contributed by atoms with Crippen LogP contribution in [0.5, 0.6) is 0 Å². The van der Waals surface area contributed by atoms with E-state index in [2.05, 4.69) is 34.8 Å². The van der Waals surface area contributed by atoms with Crippen molar-refractivity contribution in [2.24, 2.45) is 17.8 Å². The van der Waals surface area contributed by atoms with Crippen molar-refractivity contribution in [2.75, 3.05) is 13.1 Å². The Labute approximate surface area is 66.4 Å². The monoisotopic (exact) mass is 159 g/mol. The highest BCUT2D eigenvalue weighted by molar-refractivity contribution is 7.13. The summed E-state index contributed by atoms with van der Waals surface area (Å²) in [7, 11) is 2.80. The molecule has 0 N–H and O–H groups in total. The smallest absolute Gasteiger partial charge is 0.00501 e. The normalized spacial score (nSPS) is 35.7. The van der Waals surface area contributed by atoms with Crippen LogP contribution >= 0.6 is 9.39 Å². The van der Waals surface area contributed by atoms with E-state index in [1.54, 1.807) is 0 Å². The Hall–Kier alpha value is 0.390. The molecule has 0 saturated carbocycles. The van der Waals surface area contributed by atoms with Crippen LogP contribution in [0, 0.1) is 17.8 Å². The summed E-state index contributed by atoms with van der Waals surface area (Å²) in [6.45, 7) is 9.53. The minimum absolute atomic E-state index is 0.848. The topological polar surface area (TPSA) is 3.24 Å². The maximum atomic E-state index is 2.80. The second-order valence-corrected chi connectivity index (χ2v) is 4.57. The Kier molecular flexibility index (Phi) is 2.71. The minimum atomic E-state index is 0.848. The fraction of sp³-hybridized carbons (Fsp3) is 1.00. The number of hydrogen-bond donors (Lipinski definition) is 0. The molecule has 0 aliphatic carbocycles. The first-order chi connectivity index (χ1) is 4.61. The molecule has 0 radical (unpaired) electrons. The third-order valence-corrected chi connectivity index (χ3v) is 2.98. The molecule has 0 amide bonds. The second kappa shape index (κ2) is 3.19. The summed E-state index contributed by atoms with van der Waals surface area (Å²) in [6.07, 6.45) is 0. The van der Waals surface area contributed by atoms with Crippen molar-refractivity contribution >= 4 is 9.39 Å². The highest BCUT2D eigenvalue weighted by atomic mass is 31.0. The van der Waals surface area contributed by atoms with E-state index in [0.29, 0.717) is 0 Å². The SMILES string of the molecule is CC(C)C1CN(P)CC1C. The van der Waals surface area contributed by atoms with E-state index in [4.69, 9.17) is 0 Å². The van der Waals surface area contributed by atoms with Crippen LogP contribution in [0.15, 0.2) is 0 Å². The molecule has 3 unspecified atom stereocenters. The fourth-order valence-electron chi connectivity index (χ4n) is 1.90. The molecule has 60 valence electrons. The summed E-state index contributed by atoms with van der Waals surface area (Å²) in [6, 6.07) is 0. The quantitative estimate of drug-likeness (QED) is 0.529. The molecule has 1 heterocycles. The molecule has 1 aliphatic heterocycles. The van der Waals surface area contributed by atoms with Crippen LogP contribution in [-0.2, 0) is 0 Å². The van der Waals surface area contributed by atoms with Gasteiger partial charge in [-0.05, 0) is 17.8 Å². The lowest BCUT2D eigenvalue weighted by Gasteiger charge is -2.17. The molecule has 0 aromatic carbocycles. The van der Waals surface area contributed by atoms with Gasteiger partial charge < -0.3 is 0 Å². The molecule has 1 aliphatic rings. The molecule has 1 rings (SSSR count). The van der Waals surface area contributed by atoms with Gasteiger partial charge in [0.25, 0.3) is 0 Å². The van der Waals surface area contributed by atoms with Crippen LogP contribution in [0.2, 0.25) is 0 Å². The van der Waals surface area contributed by atoms with Gasteiger partial charge in [-0.2, -0.15) is 0 Å². The zero-order valence-electron chi connectivity index (χ0n) is 7.17. The summed E-state index contributed by atoms with van der Waals surface area (Å²) >= 11 is 0. The summed E-state index contributed by atoms with van der Waals surface area (Å²) in [5, 5.41) is 0. The molecular formula is C8H18NP. The first-order valence-corrected chi connectivity index (χ1v) is 4.62. The van der Waals surface area contributed by atoms with Crippen molar-refractivity contribution in [1.29, 1.82) is 0 Å². The van der Waals surface area contributed by atoms with Gasteiger partial charge in [0.15, 0.2) is 0 Å². The molecule has 0 aromatic rings. The van der Waals surface area contributed by atoms with Crippen molar-refractivity contribution in [3.05, 3.63) is 0 Å². The van der Waals surface area contributed by atoms with Gasteiger partial charge in [-0.1, -0.05) is 30.2 Å². The Morgan fingerprint density at radius 1 is 1.40 bits per heavy atom. The molecule has 0 spiro atoms. The lowest BCUT2D eigenvalue weighted by molar-refractivity contribution is 0.337. The lowest BCUT2D eigenvalue weighted by Crippen LogP contribution is -2.15. The fourth-order valence-corrected chi connectivity index (χ4v) is 2.47. The third kappa shape index (κ3) is 1.71. The van der Waals surface area contributed by atoms with Gasteiger partial charge in [0.05, 0.1) is 0 Å². The zero-order valence-corrected chi connectivity index (χ0v) is 8.33. The highest BCUT2D eigenvalue weighted by Crippen LogP contribution is 2.30. The maximum Gasteiger partial charge on any atom is 0.00501 e. The van der Waals surface area contributed by atoms with Crippen molar-refractivity contribution in [3.8, 4) is 0 Å². The van der Waals surface area contributed by atoms with Gasteiger partial charge in [0.1, 0.15) is 0 Å². The zero-order chi connectivity index (χ0) is 7.72. The van der Waals surface area contributed by atoms with Crippen molar-refractivity contribution in [3.63, 3.8) is 0 Å². The van der Waals surface area contributed by atoms with Crippen molar-refractivity contribution in [2.45, 2.75) is 20.8 Å². The largest absolute Gasteiger partial charge is 0.287 e. The second-order valence-electron chi connectivity index (χ2n) is 3.84. The van der Waals surface area contributed by atoms with Crippen LogP contribution in [-0.4, -0.2) is 17.8 Å².